The van der Waals surface area contributed by atoms with E-state index < -0.39 is 0 Å². The first-order valence-corrected chi connectivity index (χ1v) is 6.82. The number of rotatable bonds is 5. The molecule has 0 saturated carbocycles. The van der Waals surface area contributed by atoms with E-state index in [4.69, 9.17) is 11.1 Å². The largest absolute Gasteiger partial charge is 0.384 e. The summed E-state index contributed by atoms with van der Waals surface area (Å²) in [5.41, 5.74) is 9.12. The summed E-state index contributed by atoms with van der Waals surface area (Å²) in [5.74, 6) is -0.473. The van der Waals surface area contributed by atoms with Crippen LogP contribution in [0, 0.1) is 18.2 Å². The molecule has 0 atom stereocenters. The normalized spacial score (nSPS) is 10.9. The van der Waals surface area contributed by atoms with Gasteiger partial charge in [0, 0.05) is 18.7 Å². The average Bonchev–Trinajstić information content (AvgIpc) is 2.37. The van der Waals surface area contributed by atoms with Crippen LogP contribution in [0.2, 0.25) is 0 Å². The fourth-order valence-corrected chi connectivity index (χ4v) is 2.39. The molecule has 3 nitrogen and oxygen atoms in total. The Morgan fingerprint density at radius 1 is 1.14 bits per heavy atom. The number of hydrogen-bond acceptors (Lipinski definition) is 2. The van der Waals surface area contributed by atoms with Crippen molar-refractivity contribution in [3.05, 3.63) is 70.5 Å². The molecule has 0 amide bonds. The fourth-order valence-electron chi connectivity index (χ4n) is 2.39. The molecule has 0 heterocycles. The molecule has 0 fully saturated rings. The lowest BCUT2D eigenvalue weighted by molar-refractivity contribution is 0.318. The van der Waals surface area contributed by atoms with Gasteiger partial charge in [0.25, 0.3) is 0 Å². The van der Waals surface area contributed by atoms with Crippen molar-refractivity contribution in [3.63, 3.8) is 0 Å². The van der Waals surface area contributed by atoms with E-state index >= 15 is 0 Å². The quantitative estimate of drug-likeness (QED) is 0.655. The highest BCUT2D eigenvalue weighted by Crippen LogP contribution is 2.13. The van der Waals surface area contributed by atoms with Crippen LogP contribution < -0.4 is 5.73 Å². The molecule has 0 aliphatic rings. The maximum absolute atomic E-state index is 13.5. The minimum Gasteiger partial charge on any atom is -0.384 e. The van der Waals surface area contributed by atoms with Crippen molar-refractivity contribution in [2.75, 3.05) is 7.05 Å². The number of nitrogens with two attached hydrogens (primary N) is 1. The van der Waals surface area contributed by atoms with Gasteiger partial charge in [-0.05, 0) is 43.3 Å². The summed E-state index contributed by atoms with van der Waals surface area (Å²) in [5, 5.41) is 7.41. The molecule has 0 saturated heterocycles. The van der Waals surface area contributed by atoms with Gasteiger partial charge in [0.1, 0.15) is 11.7 Å². The molecule has 0 bridgehead atoms. The topological polar surface area (TPSA) is 53.1 Å². The maximum Gasteiger partial charge on any atom is 0.124 e. The molecule has 2 rings (SSSR count). The van der Waals surface area contributed by atoms with Crippen LogP contribution in [0.4, 0.5) is 4.39 Å². The van der Waals surface area contributed by atoms with E-state index in [0.717, 1.165) is 12.1 Å². The Kier molecular flexibility index (Phi) is 4.70. The number of nitrogen functional groups attached to an aromatic ring is 1. The van der Waals surface area contributed by atoms with E-state index in [2.05, 4.69) is 30.0 Å². The summed E-state index contributed by atoms with van der Waals surface area (Å²) in [4.78, 5) is 2.10. The number of nitrogens with one attached hydrogen (secondary N) is 1. The highest BCUT2D eigenvalue weighted by atomic mass is 19.1. The molecule has 0 spiro atoms. The van der Waals surface area contributed by atoms with Gasteiger partial charge >= 0.3 is 0 Å². The smallest absolute Gasteiger partial charge is 0.124 e. The zero-order chi connectivity index (χ0) is 15.4. The van der Waals surface area contributed by atoms with Crippen LogP contribution in [0.1, 0.15) is 22.3 Å². The van der Waals surface area contributed by atoms with Crippen LogP contribution in [0.15, 0.2) is 42.5 Å². The van der Waals surface area contributed by atoms with Crippen molar-refractivity contribution in [1.82, 2.24) is 4.90 Å². The Bertz CT molecular complexity index is 652. The van der Waals surface area contributed by atoms with Gasteiger partial charge < -0.3 is 5.73 Å². The van der Waals surface area contributed by atoms with Crippen LogP contribution in [0.5, 0.6) is 0 Å². The first kappa shape index (κ1) is 15.2. The number of benzene rings is 2. The second-order valence-corrected chi connectivity index (χ2v) is 5.42. The van der Waals surface area contributed by atoms with Gasteiger partial charge in [-0.2, -0.15) is 0 Å². The predicted molar refractivity (Wildman–Crippen MR) is 83.8 cm³/mol. The monoisotopic (exact) mass is 285 g/mol. The molecule has 21 heavy (non-hydrogen) atoms. The Morgan fingerprint density at radius 3 is 2.52 bits per heavy atom. The van der Waals surface area contributed by atoms with Gasteiger partial charge in [0.2, 0.25) is 0 Å². The molecule has 2 aromatic rings. The van der Waals surface area contributed by atoms with Gasteiger partial charge in [-0.25, -0.2) is 4.39 Å². The Balaban J connectivity index is 2.09. The summed E-state index contributed by atoms with van der Waals surface area (Å²) < 4.78 is 13.5. The first-order valence-electron chi connectivity index (χ1n) is 6.82. The van der Waals surface area contributed by atoms with Crippen molar-refractivity contribution in [2.24, 2.45) is 5.73 Å². The summed E-state index contributed by atoms with van der Waals surface area (Å²) in [6.07, 6.45) is 0. The van der Waals surface area contributed by atoms with Crippen LogP contribution in [-0.2, 0) is 13.1 Å². The van der Waals surface area contributed by atoms with Gasteiger partial charge in [0.15, 0.2) is 0 Å². The molecule has 3 N–H and O–H groups in total. The van der Waals surface area contributed by atoms with E-state index in [1.165, 1.54) is 23.3 Å². The Labute approximate surface area is 124 Å². The van der Waals surface area contributed by atoms with Crippen LogP contribution in [0.25, 0.3) is 0 Å². The van der Waals surface area contributed by atoms with Crippen molar-refractivity contribution < 1.29 is 4.39 Å². The number of hydrogen-bond donors (Lipinski definition) is 2. The second kappa shape index (κ2) is 6.50. The number of aryl methyl sites for hydroxylation is 1. The molecular formula is C17H20FN3. The predicted octanol–water partition coefficient (Wildman–Crippen LogP) is 3.05. The van der Waals surface area contributed by atoms with E-state index in [-0.39, 0.29) is 11.7 Å². The fraction of sp³-hybridized carbons (Fsp3) is 0.235. The van der Waals surface area contributed by atoms with Gasteiger partial charge in [-0.15, -0.1) is 0 Å². The molecule has 0 radical (unpaired) electrons. The lowest BCUT2D eigenvalue weighted by Crippen LogP contribution is -2.18. The highest BCUT2D eigenvalue weighted by Gasteiger charge is 2.07. The van der Waals surface area contributed by atoms with Crippen molar-refractivity contribution in [2.45, 2.75) is 20.0 Å². The van der Waals surface area contributed by atoms with Crippen LogP contribution >= 0.6 is 0 Å². The molecule has 110 valence electrons. The van der Waals surface area contributed by atoms with Gasteiger partial charge in [-0.1, -0.05) is 29.8 Å². The third kappa shape index (κ3) is 4.39. The van der Waals surface area contributed by atoms with E-state index in [1.54, 1.807) is 6.07 Å². The van der Waals surface area contributed by atoms with Crippen molar-refractivity contribution in [3.8, 4) is 0 Å². The molecule has 4 heteroatoms. The molecule has 0 aliphatic carbocycles. The molecule has 0 aliphatic heterocycles. The van der Waals surface area contributed by atoms with Gasteiger partial charge in [0.05, 0.1) is 0 Å². The molecule has 0 unspecified atom stereocenters. The summed E-state index contributed by atoms with van der Waals surface area (Å²) >= 11 is 0. The molecular weight excluding hydrogens is 265 g/mol. The Hall–Kier alpha value is -2.20. The minimum atomic E-state index is -0.360. The number of nitrogens with zero attached hydrogens (tertiary/aromatic N) is 1. The number of halogens is 1. The third-order valence-electron chi connectivity index (χ3n) is 3.26. The van der Waals surface area contributed by atoms with E-state index in [1.807, 2.05) is 13.1 Å². The second-order valence-electron chi connectivity index (χ2n) is 5.42. The van der Waals surface area contributed by atoms with Crippen molar-refractivity contribution in [1.29, 1.82) is 5.41 Å². The van der Waals surface area contributed by atoms with Crippen molar-refractivity contribution >= 4 is 5.84 Å². The standard InChI is InChI=1S/C17H20FN3/c1-12-4-3-5-13(6-12)10-21(2)11-14-7-15(17(19)20)9-16(18)8-14/h3-9H,10-11H2,1-2H3,(H3,19,20). The van der Waals surface area contributed by atoms with Crippen LogP contribution in [-0.4, -0.2) is 17.8 Å². The van der Waals surface area contributed by atoms with E-state index in [0.29, 0.717) is 12.1 Å². The molecule has 0 aromatic heterocycles. The maximum atomic E-state index is 13.5. The lowest BCUT2D eigenvalue weighted by Gasteiger charge is -2.17. The zero-order valence-electron chi connectivity index (χ0n) is 12.4. The number of amidine groups is 1. The molecule has 2 aromatic carbocycles. The van der Waals surface area contributed by atoms with Gasteiger partial charge in [-0.3, -0.25) is 10.3 Å². The SMILES string of the molecule is Cc1cccc(CN(C)Cc2cc(F)cc(C(=N)N)c2)c1. The van der Waals surface area contributed by atoms with Crippen LogP contribution in [0.3, 0.4) is 0 Å². The zero-order valence-corrected chi connectivity index (χ0v) is 12.4. The highest BCUT2D eigenvalue weighted by molar-refractivity contribution is 5.95. The lowest BCUT2D eigenvalue weighted by atomic mass is 10.1. The summed E-state index contributed by atoms with van der Waals surface area (Å²) in [6.45, 7) is 3.45. The summed E-state index contributed by atoms with van der Waals surface area (Å²) in [6, 6.07) is 12.9. The summed E-state index contributed by atoms with van der Waals surface area (Å²) in [7, 11) is 1.99. The minimum absolute atomic E-state index is 0.114. The Morgan fingerprint density at radius 2 is 1.86 bits per heavy atom. The average molecular weight is 285 g/mol. The van der Waals surface area contributed by atoms with E-state index in [9.17, 15) is 4.39 Å². The first-order chi connectivity index (χ1) is 9.94. The third-order valence-corrected chi connectivity index (χ3v) is 3.26.